The second kappa shape index (κ2) is 9.40. The van der Waals surface area contributed by atoms with Crippen LogP contribution in [0, 0.1) is 0 Å². The number of benzene rings is 3. The predicted octanol–water partition coefficient (Wildman–Crippen LogP) is 3.42. The quantitative estimate of drug-likeness (QED) is 0.379. The molecule has 0 atom stereocenters. The van der Waals surface area contributed by atoms with Crippen LogP contribution in [0.4, 0.5) is 10.5 Å². The molecule has 37 heavy (non-hydrogen) atoms. The van der Waals surface area contributed by atoms with Crippen LogP contribution < -0.4 is 11.1 Å². The van der Waals surface area contributed by atoms with E-state index in [2.05, 4.69) is 10.3 Å². The lowest BCUT2D eigenvalue weighted by Gasteiger charge is -2.18. The first-order chi connectivity index (χ1) is 17.7. The van der Waals surface area contributed by atoms with Crippen LogP contribution in [0.1, 0.15) is 26.3 Å². The highest BCUT2D eigenvalue weighted by Gasteiger charge is 2.34. The molecule has 0 unspecified atom stereocenters. The minimum Gasteiger partial charge on any atom is -0.366 e. The molecule has 0 radical (unpaired) electrons. The number of hydrogen-bond acceptors (Lipinski definition) is 5. The number of halogens is 1. The third kappa shape index (κ3) is 4.62. The Morgan fingerprint density at radius 3 is 2.43 bits per heavy atom. The third-order valence-electron chi connectivity index (χ3n) is 6.12. The Morgan fingerprint density at radius 1 is 1.03 bits per heavy atom. The van der Waals surface area contributed by atoms with Gasteiger partial charge in [-0.1, -0.05) is 17.7 Å². The van der Waals surface area contributed by atoms with E-state index < -0.39 is 17.8 Å². The topological polar surface area (TPSA) is 131 Å². The molecule has 2 heterocycles. The lowest BCUT2D eigenvalue weighted by molar-refractivity contribution is -0.125. The zero-order chi connectivity index (χ0) is 26.3. The zero-order valence-electron chi connectivity index (χ0n) is 19.6. The average molecular weight is 517 g/mol. The predicted molar refractivity (Wildman–Crippen MR) is 138 cm³/mol. The van der Waals surface area contributed by atoms with Crippen LogP contribution in [0.25, 0.3) is 16.7 Å². The number of carbonyl (C=O) groups excluding carboxylic acids is 4. The Balaban J connectivity index is 1.47. The van der Waals surface area contributed by atoms with Crippen molar-refractivity contribution in [3.05, 3.63) is 88.7 Å². The van der Waals surface area contributed by atoms with Crippen molar-refractivity contribution >= 4 is 52.1 Å². The summed E-state index contributed by atoms with van der Waals surface area (Å²) in [7, 11) is 1.53. The van der Waals surface area contributed by atoms with Crippen molar-refractivity contribution in [1.82, 2.24) is 19.4 Å². The molecule has 1 aliphatic heterocycles. The Morgan fingerprint density at radius 2 is 1.76 bits per heavy atom. The standard InChI is InChI=1S/C26H21ClN6O4/c1-31-13-23(34)32(26(31)37)12-17-3-2-15(24(28)35)10-21(17)30-25(36)16-4-9-20-22(11-16)33(14-29-20)19-7-5-18(27)6-8-19/h2-11,14H,12-13H2,1H3,(H2,28,35)(H,30,36). The maximum Gasteiger partial charge on any atom is 0.327 e. The first-order valence-electron chi connectivity index (χ1n) is 11.2. The number of fused-ring (bicyclic) bond motifs is 1. The van der Waals surface area contributed by atoms with Gasteiger partial charge in [-0.2, -0.15) is 0 Å². The number of hydrogen-bond donors (Lipinski definition) is 2. The Hall–Kier alpha value is -4.70. The number of imidazole rings is 1. The SMILES string of the molecule is CN1CC(=O)N(Cc2ccc(C(N)=O)cc2NC(=O)c2ccc3ncn(-c4ccc(Cl)cc4)c3c2)C1=O. The molecule has 11 heteroatoms. The van der Waals surface area contributed by atoms with E-state index >= 15 is 0 Å². The van der Waals surface area contributed by atoms with Gasteiger partial charge < -0.3 is 16.0 Å². The first-order valence-corrected chi connectivity index (χ1v) is 11.6. The molecule has 0 spiro atoms. The van der Waals surface area contributed by atoms with Gasteiger partial charge in [-0.05, 0) is 60.2 Å². The molecule has 1 fully saturated rings. The zero-order valence-corrected chi connectivity index (χ0v) is 20.4. The number of urea groups is 1. The van der Waals surface area contributed by atoms with Gasteiger partial charge in [-0.3, -0.25) is 23.9 Å². The highest BCUT2D eigenvalue weighted by molar-refractivity contribution is 6.30. The summed E-state index contributed by atoms with van der Waals surface area (Å²) in [6.45, 7) is -0.0970. The Labute approximate surface area is 216 Å². The number of imide groups is 1. The van der Waals surface area contributed by atoms with Crippen molar-refractivity contribution < 1.29 is 19.2 Å². The van der Waals surface area contributed by atoms with Gasteiger partial charge in [0.2, 0.25) is 5.91 Å². The Bertz CT molecular complexity index is 1580. The lowest BCUT2D eigenvalue weighted by atomic mass is 10.1. The lowest BCUT2D eigenvalue weighted by Crippen LogP contribution is -2.31. The molecule has 0 bridgehead atoms. The number of primary amides is 1. The summed E-state index contributed by atoms with van der Waals surface area (Å²) in [6, 6.07) is 16.3. The molecule has 186 valence electrons. The minimum atomic E-state index is -0.677. The van der Waals surface area contributed by atoms with Gasteiger partial charge in [0.15, 0.2) is 0 Å². The number of rotatable bonds is 6. The van der Waals surface area contributed by atoms with Crippen LogP contribution in [0.15, 0.2) is 67.0 Å². The van der Waals surface area contributed by atoms with E-state index in [1.165, 1.54) is 24.1 Å². The fourth-order valence-corrected chi connectivity index (χ4v) is 4.26. The van der Waals surface area contributed by atoms with Crippen LogP contribution in [-0.2, 0) is 11.3 Å². The van der Waals surface area contributed by atoms with E-state index in [1.807, 2.05) is 16.7 Å². The molecule has 1 aliphatic rings. The van der Waals surface area contributed by atoms with Crippen molar-refractivity contribution in [2.75, 3.05) is 18.9 Å². The van der Waals surface area contributed by atoms with Crippen molar-refractivity contribution in [3.63, 3.8) is 0 Å². The van der Waals surface area contributed by atoms with E-state index in [0.717, 1.165) is 10.6 Å². The number of nitrogens with one attached hydrogen (secondary N) is 1. The molecule has 3 N–H and O–H groups in total. The summed E-state index contributed by atoms with van der Waals surface area (Å²) in [5, 5.41) is 3.41. The smallest absolute Gasteiger partial charge is 0.327 e. The Kier molecular flexibility index (Phi) is 6.10. The summed E-state index contributed by atoms with van der Waals surface area (Å²) >= 11 is 6.01. The van der Waals surface area contributed by atoms with Crippen molar-refractivity contribution in [2.24, 2.45) is 5.73 Å². The van der Waals surface area contributed by atoms with Crippen LogP contribution >= 0.6 is 11.6 Å². The fraction of sp³-hybridized carbons (Fsp3) is 0.115. The van der Waals surface area contributed by atoms with Gasteiger partial charge >= 0.3 is 6.03 Å². The monoisotopic (exact) mass is 516 g/mol. The number of likely N-dealkylation sites (N-methyl/N-ethyl adjacent to an activating group) is 1. The van der Waals surface area contributed by atoms with Gasteiger partial charge in [-0.15, -0.1) is 0 Å². The normalized spacial score (nSPS) is 13.5. The van der Waals surface area contributed by atoms with Crippen molar-refractivity contribution in [1.29, 1.82) is 0 Å². The molecule has 0 saturated carbocycles. The molecular formula is C26H21ClN6O4. The molecule has 0 aliphatic carbocycles. The number of anilines is 1. The van der Waals surface area contributed by atoms with E-state index in [4.69, 9.17) is 17.3 Å². The van der Waals surface area contributed by atoms with Crippen LogP contribution in [0.5, 0.6) is 0 Å². The summed E-state index contributed by atoms with van der Waals surface area (Å²) in [4.78, 5) is 56.5. The maximum absolute atomic E-state index is 13.3. The fourth-order valence-electron chi connectivity index (χ4n) is 4.13. The minimum absolute atomic E-state index is 0.0266. The van der Waals surface area contributed by atoms with Crippen LogP contribution in [0.3, 0.4) is 0 Å². The molecule has 3 aromatic carbocycles. The largest absolute Gasteiger partial charge is 0.366 e. The number of aromatic nitrogens is 2. The summed E-state index contributed by atoms with van der Waals surface area (Å²) in [5.74, 6) is -1.49. The summed E-state index contributed by atoms with van der Waals surface area (Å²) in [6.07, 6.45) is 1.66. The summed E-state index contributed by atoms with van der Waals surface area (Å²) < 4.78 is 1.84. The number of nitrogens with two attached hydrogens (primary N) is 1. The highest BCUT2D eigenvalue weighted by atomic mass is 35.5. The molecule has 1 saturated heterocycles. The molecular weight excluding hydrogens is 496 g/mol. The molecule has 5 amide bonds. The first kappa shape index (κ1) is 24.0. The van der Waals surface area contributed by atoms with Crippen LogP contribution in [-0.4, -0.2) is 56.7 Å². The molecule has 4 aromatic rings. The van der Waals surface area contributed by atoms with E-state index in [9.17, 15) is 19.2 Å². The number of carbonyl (C=O) groups is 4. The third-order valence-corrected chi connectivity index (χ3v) is 6.37. The van der Waals surface area contributed by atoms with Crippen molar-refractivity contribution in [2.45, 2.75) is 6.54 Å². The molecule has 1 aromatic heterocycles. The van der Waals surface area contributed by atoms with E-state index in [1.54, 1.807) is 42.7 Å². The summed E-state index contributed by atoms with van der Waals surface area (Å²) in [5.41, 5.74) is 8.91. The van der Waals surface area contributed by atoms with Gasteiger partial charge in [0, 0.05) is 34.6 Å². The number of amides is 5. The average Bonchev–Trinajstić information content (AvgIpc) is 3.40. The van der Waals surface area contributed by atoms with Gasteiger partial charge in [0.05, 0.1) is 17.6 Å². The highest BCUT2D eigenvalue weighted by Crippen LogP contribution is 2.25. The van der Waals surface area contributed by atoms with Gasteiger partial charge in [-0.25, -0.2) is 9.78 Å². The maximum atomic E-state index is 13.3. The van der Waals surface area contributed by atoms with Crippen molar-refractivity contribution in [3.8, 4) is 5.69 Å². The van der Waals surface area contributed by atoms with Gasteiger partial charge in [0.1, 0.15) is 12.9 Å². The van der Waals surface area contributed by atoms with Crippen LogP contribution in [0.2, 0.25) is 5.02 Å². The molecule has 10 nitrogen and oxygen atoms in total. The second-order valence-electron chi connectivity index (χ2n) is 8.60. The molecule has 5 rings (SSSR count). The van der Waals surface area contributed by atoms with E-state index in [0.29, 0.717) is 27.2 Å². The second-order valence-corrected chi connectivity index (χ2v) is 9.04. The van der Waals surface area contributed by atoms with Gasteiger partial charge in [0.25, 0.3) is 11.8 Å². The number of nitrogens with zero attached hydrogens (tertiary/aromatic N) is 4. The van der Waals surface area contributed by atoms with E-state index in [-0.39, 0.29) is 30.2 Å².